The van der Waals surface area contributed by atoms with Gasteiger partial charge in [0.25, 0.3) is 0 Å². The zero-order valence-electron chi connectivity index (χ0n) is 15.0. The Kier molecular flexibility index (Phi) is 9.38. The van der Waals surface area contributed by atoms with Crippen molar-refractivity contribution in [2.45, 2.75) is 70.9 Å². The quantitative estimate of drug-likeness (QED) is 0.778. The molecule has 1 aromatic rings. The normalized spacial score (nSPS) is 28.0. The summed E-state index contributed by atoms with van der Waals surface area (Å²) in [6.07, 6.45) is 7.68. The number of halogens is 1. The Morgan fingerprint density at radius 1 is 1.21 bits per heavy atom. The van der Waals surface area contributed by atoms with Crippen molar-refractivity contribution in [3.05, 3.63) is 35.9 Å². The Morgan fingerprint density at radius 3 is 2.58 bits per heavy atom. The van der Waals surface area contributed by atoms with Gasteiger partial charge in [-0.05, 0) is 50.0 Å². The summed E-state index contributed by atoms with van der Waals surface area (Å²) in [6, 6.07) is 10.5. The number of benzene rings is 1. The highest BCUT2D eigenvalue weighted by Crippen LogP contribution is 2.32. The first kappa shape index (κ1) is 21.0. The molecule has 0 spiro atoms. The summed E-state index contributed by atoms with van der Waals surface area (Å²) in [5, 5.41) is 0. The molecular weight excluding hydrogens is 322 g/mol. The van der Waals surface area contributed by atoms with Crippen LogP contribution in [0.4, 0.5) is 0 Å². The lowest BCUT2D eigenvalue weighted by Gasteiger charge is -2.31. The molecule has 3 nitrogen and oxygen atoms in total. The molecule has 0 amide bonds. The van der Waals surface area contributed by atoms with Crippen LogP contribution in [0.5, 0.6) is 0 Å². The van der Waals surface area contributed by atoms with Gasteiger partial charge in [0.2, 0.25) is 0 Å². The lowest BCUT2D eigenvalue weighted by Crippen LogP contribution is -3.00. The van der Waals surface area contributed by atoms with Crippen LogP contribution in [0.1, 0.15) is 57.9 Å². The first-order chi connectivity index (χ1) is 11.1. The van der Waals surface area contributed by atoms with Crippen molar-refractivity contribution < 1.29 is 27.7 Å². The van der Waals surface area contributed by atoms with Crippen LogP contribution < -0.4 is 18.1 Å². The highest BCUT2D eigenvalue weighted by Gasteiger charge is 2.33. The SMILES string of the molecule is CCCC[C@@H]1[C@@H](Cc2ccccc2)CCC[C@H]([NH3+])C(=O)O[C@H]1C.[Cl-]. The van der Waals surface area contributed by atoms with Gasteiger partial charge >= 0.3 is 5.97 Å². The van der Waals surface area contributed by atoms with E-state index in [2.05, 4.69) is 49.9 Å². The molecular formula is C20H32ClNO2. The van der Waals surface area contributed by atoms with Crippen LogP contribution in [0, 0.1) is 11.8 Å². The van der Waals surface area contributed by atoms with Crippen molar-refractivity contribution in [3.8, 4) is 0 Å². The van der Waals surface area contributed by atoms with Gasteiger partial charge in [0.05, 0.1) is 0 Å². The average molecular weight is 354 g/mol. The van der Waals surface area contributed by atoms with Gasteiger partial charge in [-0.1, -0.05) is 50.1 Å². The summed E-state index contributed by atoms with van der Waals surface area (Å²) in [6.45, 7) is 4.30. The zero-order valence-corrected chi connectivity index (χ0v) is 15.8. The number of quaternary nitrogens is 1. The van der Waals surface area contributed by atoms with Gasteiger partial charge in [0.15, 0.2) is 6.04 Å². The second-order valence-corrected chi connectivity index (χ2v) is 7.03. The van der Waals surface area contributed by atoms with Crippen LogP contribution in [0.25, 0.3) is 0 Å². The molecule has 0 saturated carbocycles. The number of hydrogen-bond acceptors (Lipinski definition) is 2. The molecule has 2 rings (SSSR count). The Morgan fingerprint density at radius 2 is 1.92 bits per heavy atom. The molecule has 0 radical (unpaired) electrons. The molecule has 136 valence electrons. The number of carbonyl (C=O) groups excluding carboxylic acids is 1. The maximum Gasteiger partial charge on any atom is 0.365 e. The third-order valence-electron chi connectivity index (χ3n) is 5.20. The van der Waals surface area contributed by atoms with E-state index in [-0.39, 0.29) is 30.5 Å². The van der Waals surface area contributed by atoms with E-state index < -0.39 is 0 Å². The fraction of sp³-hybridized carbons (Fsp3) is 0.650. The summed E-state index contributed by atoms with van der Waals surface area (Å²) in [5.74, 6) is 0.917. The Hall–Kier alpha value is -1.06. The molecule has 1 aliphatic rings. The Balaban J connectivity index is 0.00000288. The molecule has 1 saturated heterocycles. The van der Waals surface area contributed by atoms with Crippen LogP contribution in [0.2, 0.25) is 0 Å². The van der Waals surface area contributed by atoms with Crippen molar-refractivity contribution in [2.24, 2.45) is 11.8 Å². The first-order valence-electron chi connectivity index (χ1n) is 9.19. The Bertz CT molecular complexity index is 480. The molecule has 1 heterocycles. The van der Waals surface area contributed by atoms with E-state index in [1.165, 1.54) is 18.4 Å². The molecule has 1 fully saturated rings. The molecule has 24 heavy (non-hydrogen) atoms. The second kappa shape index (κ2) is 10.7. The van der Waals surface area contributed by atoms with Gasteiger partial charge in [0, 0.05) is 6.42 Å². The summed E-state index contributed by atoms with van der Waals surface area (Å²) in [5.41, 5.74) is 5.37. The van der Waals surface area contributed by atoms with Gasteiger partial charge in [-0.15, -0.1) is 0 Å². The first-order valence-corrected chi connectivity index (χ1v) is 9.19. The lowest BCUT2D eigenvalue weighted by molar-refractivity contribution is -0.410. The molecule has 4 heteroatoms. The molecule has 0 aliphatic carbocycles. The fourth-order valence-electron chi connectivity index (χ4n) is 3.79. The minimum atomic E-state index is -0.209. The third-order valence-corrected chi connectivity index (χ3v) is 5.20. The smallest absolute Gasteiger partial charge is 0.365 e. The van der Waals surface area contributed by atoms with Crippen molar-refractivity contribution in [3.63, 3.8) is 0 Å². The number of ether oxygens (including phenoxy) is 1. The molecule has 1 aliphatic heterocycles. The molecule has 1 aromatic carbocycles. The molecule has 0 bridgehead atoms. The zero-order chi connectivity index (χ0) is 16.7. The van der Waals surface area contributed by atoms with E-state index >= 15 is 0 Å². The number of esters is 1. The lowest BCUT2D eigenvalue weighted by atomic mass is 9.78. The predicted octanol–water partition coefficient (Wildman–Crippen LogP) is 0.382. The second-order valence-electron chi connectivity index (χ2n) is 7.03. The van der Waals surface area contributed by atoms with Crippen LogP contribution in [0.3, 0.4) is 0 Å². The number of cyclic esters (lactones) is 1. The van der Waals surface area contributed by atoms with E-state index in [0.717, 1.165) is 32.1 Å². The number of hydrogen-bond donors (Lipinski definition) is 1. The van der Waals surface area contributed by atoms with E-state index in [4.69, 9.17) is 4.74 Å². The highest BCUT2D eigenvalue weighted by atomic mass is 35.5. The predicted molar refractivity (Wildman–Crippen MR) is 92.7 cm³/mol. The van der Waals surface area contributed by atoms with Crippen molar-refractivity contribution in [2.75, 3.05) is 0 Å². The third kappa shape index (κ3) is 6.10. The van der Waals surface area contributed by atoms with E-state index in [1.807, 2.05) is 0 Å². The maximum atomic E-state index is 12.1. The molecule has 4 atom stereocenters. The summed E-state index contributed by atoms with van der Waals surface area (Å²) >= 11 is 0. The minimum Gasteiger partial charge on any atom is -1.00 e. The van der Waals surface area contributed by atoms with Gasteiger partial charge in [-0.25, -0.2) is 4.79 Å². The van der Waals surface area contributed by atoms with E-state index in [1.54, 1.807) is 0 Å². The van der Waals surface area contributed by atoms with Gasteiger partial charge < -0.3 is 22.9 Å². The van der Waals surface area contributed by atoms with Gasteiger partial charge in [-0.3, -0.25) is 0 Å². The average Bonchev–Trinajstić information content (AvgIpc) is 2.59. The molecule has 0 unspecified atom stereocenters. The van der Waals surface area contributed by atoms with E-state index in [0.29, 0.717) is 11.8 Å². The van der Waals surface area contributed by atoms with Crippen molar-refractivity contribution in [1.82, 2.24) is 0 Å². The van der Waals surface area contributed by atoms with Crippen LogP contribution in [-0.2, 0) is 16.0 Å². The topological polar surface area (TPSA) is 53.9 Å². The number of carbonyl (C=O) groups is 1. The van der Waals surface area contributed by atoms with Crippen LogP contribution >= 0.6 is 0 Å². The fourth-order valence-corrected chi connectivity index (χ4v) is 3.79. The number of rotatable bonds is 5. The molecule has 3 N–H and O–H groups in total. The monoisotopic (exact) mass is 353 g/mol. The van der Waals surface area contributed by atoms with Crippen LogP contribution in [0.15, 0.2) is 30.3 Å². The highest BCUT2D eigenvalue weighted by molar-refractivity contribution is 5.74. The van der Waals surface area contributed by atoms with Crippen molar-refractivity contribution >= 4 is 5.97 Å². The minimum absolute atomic E-state index is 0. The maximum absolute atomic E-state index is 12.1. The standard InChI is InChI=1S/C20H31NO2.ClH/c1-3-4-12-18-15(2)23-20(22)19(21)13-8-11-17(18)14-16-9-6-5-7-10-16;/h5-7,9-10,15,17-19H,3-4,8,11-14,21H2,1-2H3;1H/t15-,17+,18-,19-;/m0./s1. The largest absolute Gasteiger partial charge is 1.00 e. The van der Waals surface area contributed by atoms with E-state index in [9.17, 15) is 4.79 Å². The summed E-state index contributed by atoms with van der Waals surface area (Å²) < 4.78 is 5.76. The van der Waals surface area contributed by atoms with Crippen LogP contribution in [-0.4, -0.2) is 18.1 Å². The summed E-state index contributed by atoms with van der Waals surface area (Å²) in [4.78, 5) is 12.1. The summed E-state index contributed by atoms with van der Waals surface area (Å²) in [7, 11) is 0. The van der Waals surface area contributed by atoms with Crippen molar-refractivity contribution in [1.29, 1.82) is 0 Å². The number of unbranched alkanes of at least 4 members (excludes halogenated alkanes) is 1. The molecule has 0 aromatic heterocycles. The van der Waals surface area contributed by atoms with Gasteiger partial charge in [-0.2, -0.15) is 0 Å². The van der Waals surface area contributed by atoms with Gasteiger partial charge in [0.1, 0.15) is 6.10 Å². The Labute approximate surface area is 152 Å².